The standard InChI is InChI=1S/C13H27NOS/c1-3-8-14-13-7-9-15-11-12(13)6-5-10-16-4-2/h12-14H,3-11H2,1-2H3. The maximum atomic E-state index is 5.60. The van der Waals surface area contributed by atoms with E-state index in [1.165, 1.54) is 37.2 Å². The fraction of sp³-hybridized carbons (Fsp3) is 1.00. The predicted octanol–water partition coefficient (Wildman–Crippen LogP) is 2.92. The van der Waals surface area contributed by atoms with E-state index in [2.05, 4.69) is 30.9 Å². The van der Waals surface area contributed by atoms with E-state index in [9.17, 15) is 0 Å². The molecule has 96 valence electrons. The Morgan fingerprint density at radius 2 is 2.25 bits per heavy atom. The zero-order valence-electron chi connectivity index (χ0n) is 10.8. The van der Waals surface area contributed by atoms with Crippen LogP contribution in [0.4, 0.5) is 0 Å². The lowest BCUT2D eigenvalue weighted by atomic mass is 9.91. The summed E-state index contributed by atoms with van der Waals surface area (Å²) in [4.78, 5) is 0. The molecule has 3 heteroatoms. The fourth-order valence-electron chi connectivity index (χ4n) is 2.27. The Balaban J connectivity index is 2.18. The topological polar surface area (TPSA) is 21.3 Å². The predicted molar refractivity (Wildman–Crippen MR) is 73.2 cm³/mol. The molecule has 2 unspecified atom stereocenters. The Morgan fingerprint density at radius 1 is 1.38 bits per heavy atom. The van der Waals surface area contributed by atoms with Crippen molar-refractivity contribution in [3.63, 3.8) is 0 Å². The second kappa shape index (κ2) is 9.32. The summed E-state index contributed by atoms with van der Waals surface area (Å²) in [6, 6.07) is 0.709. The zero-order chi connectivity index (χ0) is 11.6. The van der Waals surface area contributed by atoms with E-state index in [1.54, 1.807) is 0 Å². The summed E-state index contributed by atoms with van der Waals surface area (Å²) in [5.41, 5.74) is 0. The molecule has 0 saturated carbocycles. The molecule has 0 aromatic heterocycles. The number of rotatable bonds is 8. The summed E-state index contributed by atoms with van der Waals surface area (Å²) < 4.78 is 5.60. The lowest BCUT2D eigenvalue weighted by molar-refractivity contribution is 0.0287. The lowest BCUT2D eigenvalue weighted by Crippen LogP contribution is -2.43. The highest BCUT2D eigenvalue weighted by Crippen LogP contribution is 2.21. The van der Waals surface area contributed by atoms with Crippen molar-refractivity contribution < 1.29 is 4.74 Å². The van der Waals surface area contributed by atoms with Crippen molar-refractivity contribution in [3.8, 4) is 0 Å². The Labute approximate surface area is 105 Å². The number of ether oxygens (including phenoxy) is 1. The molecule has 1 N–H and O–H groups in total. The molecule has 1 aliphatic rings. The summed E-state index contributed by atoms with van der Waals surface area (Å²) in [5.74, 6) is 3.31. The molecule has 1 aliphatic heterocycles. The highest BCUT2D eigenvalue weighted by atomic mass is 32.2. The van der Waals surface area contributed by atoms with Crippen LogP contribution in [0.25, 0.3) is 0 Å². The van der Waals surface area contributed by atoms with Crippen LogP contribution in [0.15, 0.2) is 0 Å². The smallest absolute Gasteiger partial charge is 0.0509 e. The van der Waals surface area contributed by atoms with Crippen LogP contribution in [-0.2, 0) is 4.74 Å². The van der Waals surface area contributed by atoms with E-state index in [1.807, 2.05) is 0 Å². The number of thioether (sulfide) groups is 1. The van der Waals surface area contributed by atoms with Crippen molar-refractivity contribution in [1.29, 1.82) is 0 Å². The SMILES string of the molecule is CCCNC1CCOCC1CCCSCC. The number of hydrogen-bond acceptors (Lipinski definition) is 3. The van der Waals surface area contributed by atoms with Gasteiger partial charge in [0, 0.05) is 12.6 Å². The number of nitrogens with one attached hydrogen (secondary N) is 1. The van der Waals surface area contributed by atoms with Crippen LogP contribution < -0.4 is 5.32 Å². The molecule has 1 fully saturated rings. The molecule has 0 radical (unpaired) electrons. The average Bonchev–Trinajstić information content (AvgIpc) is 2.33. The number of hydrogen-bond donors (Lipinski definition) is 1. The minimum absolute atomic E-state index is 0.709. The van der Waals surface area contributed by atoms with Crippen LogP contribution in [0.3, 0.4) is 0 Å². The van der Waals surface area contributed by atoms with Gasteiger partial charge in [0.25, 0.3) is 0 Å². The Hall–Kier alpha value is 0.270. The van der Waals surface area contributed by atoms with Gasteiger partial charge in [-0.3, -0.25) is 0 Å². The molecule has 1 rings (SSSR count). The van der Waals surface area contributed by atoms with E-state index in [0.717, 1.165) is 25.7 Å². The zero-order valence-corrected chi connectivity index (χ0v) is 11.7. The first kappa shape index (κ1) is 14.3. The second-order valence-corrected chi connectivity index (χ2v) is 5.92. The van der Waals surface area contributed by atoms with Gasteiger partial charge in [0.1, 0.15) is 0 Å². The van der Waals surface area contributed by atoms with Crippen molar-refractivity contribution in [2.24, 2.45) is 5.92 Å². The summed E-state index contributed by atoms with van der Waals surface area (Å²) >= 11 is 2.05. The van der Waals surface area contributed by atoms with Gasteiger partial charge in [0.2, 0.25) is 0 Å². The molecular formula is C13H27NOS. The minimum Gasteiger partial charge on any atom is -0.381 e. The molecule has 0 aromatic rings. The van der Waals surface area contributed by atoms with Crippen LogP contribution in [0.2, 0.25) is 0 Å². The van der Waals surface area contributed by atoms with Crippen molar-refractivity contribution in [2.45, 2.75) is 45.6 Å². The Kier molecular flexibility index (Phi) is 8.34. The molecule has 0 aliphatic carbocycles. The quantitative estimate of drug-likeness (QED) is 0.664. The van der Waals surface area contributed by atoms with Crippen LogP contribution >= 0.6 is 11.8 Å². The van der Waals surface area contributed by atoms with Crippen molar-refractivity contribution in [3.05, 3.63) is 0 Å². The minimum atomic E-state index is 0.709. The summed E-state index contributed by atoms with van der Waals surface area (Å²) in [6.07, 6.45) is 5.10. The van der Waals surface area contributed by atoms with Crippen LogP contribution in [0, 0.1) is 5.92 Å². The first-order chi connectivity index (χ1) is 7.88. The summed E-state index contributed by atoms with van der Waals surface area (Å²) in [5, 5.41) is 3.68. The Bertz CT molecular complexity index is 166. The average molecular weight is 245 g/mol. The summed E-state index contributed by atoms with van der Waals surface area (Å²) in [6.45, 7) is 7.55. The van der Waals surface area contributed by atoms with E-state index in [-0.39, 0.29) is 0 Å². The fourth-order valence-corrected chi connectivity index (χ4v) is 2.93. The van der Waals surface area contributed by atoms with E-state index in [4.69, 9.17) is 4.74 Å². The van der Waals surface area contributed by atoms with Gasteiger partial charge in [-0.15, -0.1) is 0 Å². The van der Waals surface area contributed by atoms with E-state index in [0.29, 0.717) is 6.04 Å². The van der Waals surface area contributed by atoms with Gasteiger partial charge >= 0.3 is 0 Å². The van der Waals surface area contributed by atoms with E-state index >= 15 is 0 Å². The van der Waals surface area contributed by atoms with Crippen molar-refractivity contribution in [1.82, 2.24) is 5.32 Å². The maximum Gasteiger partial charge on any atom is 0.0509 e. The van der Waals surface area contributed by atoms with Gasteiger partial charge in [-0.1, -0.05) is 13.8 Å². The molecule has 16 heavy (non-hydrogen) atoms. The van der Waals surface area contributed by atoms with Gasteiger partial charge in [-0.05, 0) is 49.7 Å². The van der Waals surface area contributed by atoms with E-state index < -0.39 is 0 Å². The third-order valence-corrected chi connectivity index (χ3v) is 4.18. The molecule has 0 aromatic carbocycles. The molecule has 2 nitrogen and oxygen atoms in total. The second-order valence-electron chi connectivity index (χ2n) is 4.52. The van der Waals surface area contributed by atoms with Gasteiger partial charge < -0.3 is 10.1 Å². The van der Waals surface area contributed by atoms with Crippen molar-refractivity contribution in [2.75, 3.05) is 31.3 Å². The van der Waals surface area contributed by atoms with Gasteiger partial charge in [-0.25, -0.2) is 0 Å². The molecule has 1 heterocycles. The third kappa shape index (κ3) is 5.55. The molecule has 0 amide bonds. The monoisotopic (exact) mass is 245 g/mol. The highest BCUT2D eigenvalue weighted by Gasteiger charge is 2.24. The van der Waals surface area contributed by atoms with Crippen LogP contribution in [0.5, 0.6) is 0 Å². The molecule has 2 atom stereocenters. The van der Waals surface area contributed by atoms with Gasteiger partial charge in [0.15, 0.2) is 0 Å². The molecular weight excluding hydrogens is 218 g/mol. The van der Waals surface area contributed by atoms with Crippen LogP contribution in [-0.4, -0.2) is 37.3 Å². The highest BCUT2D eigenvalue weighted by molar-refractivity contribution is 7.99. The first-order valence-corrected chi connectivity index (χ1v) is 7.92. The van der Waals surface area contributed by atoms with Gasteiger partial charge in [-0.2, -0.15) is 11.8 Å². The Morgan fingerprint density at radius 3 is 3.00 bits per heavy atom. The molecule has 0 spiro atoms. The maximum absolute atomic E-state index is 5.60. The van der Waals surface area contributed by atoms with Gasteiger partial charge in [0.05, 0.1) is 6.61 Å². The first-order valence-electron chi connectivity index (χ1n) is 6.77. The normalized spacial score (nSPS) is 25.9. The van der Waals surface area contributed by atoms with Crippen LogP contribution in [0.1, 0.15) is 39.5 Å². The lowest BCUT2D eigenvalue weighted by Gasteiger charge is -2.32. The molecule has 0 bridgehead atoms. The molecule has 1 saturated heterocycles. The third-order valence-electron chi connectivity index (χ3n) is 3.20. The largest absolute Gasteiger partial charge is 0.381 e. The van der Waals surface area contributed by atoms with Crippen molar-refractivity contribution >= 4 is 11.8 Å². The summed E-state index contributed by atoms with van der Waals surface area (Å²) in [7, 11) is 0.